The molecule has 76 valence electrons. The third-order valence-corrected chi connectivity index (χ3v) is 6.52. The minimum Gasteiger partial charge on any atom is -0.146 e. The van der Waals surface area contributed by atoms with Gasteiger partial charge in [-0.25, -0.2) is 0 Å². The van der Waals surface area contributed by atoms with E-state index in [1.807, 2.05) is 6.07 Å². The van der Waals surface area contributed by atoms with Crippen LogP contribution >= 0.6 is 38.9 Å². The SMILES string of the molecule is Clc1ccsc1C(Br)C1C2CCCC21. The van der Waals surface area contributed by atoms with Gasteiger partial charge in [0.2, 0.25) is 0 Å². The Hall–Kier alpha value is 0.470. The average Bonchev–Trinajstić information content (AvgIpc) is 2.57. The molecule has 3 heteroatoms. The van der Waals surface area contributed by atoms with Gasteiger partial charge in [0.15, 0.2) is 0 Å². The lowest BCUT2D eigenvalue weighted by molar-refractivity contribution is 0.587. The highest BCUT2D eigenvalue weighted by Crippen LogP contribution is 2.65. The Morgan fingerprint density at radius 2 is 2.14 bits per heavy atom. The first-order valence-electron chi connectivity index (χ1n) is 5.16. The largest absolute Gasteiger partial charge is 0.146 e. The lowest BCUT2D eigenvalue weighted by atomic mass is 10.1. The molecule has 0 amide bonds. The molecule has 2 aliphatic rings. The van der Waals surface area contributed by atoms with E-state index in [1.165, 1.54) is 24.1 Å². The van der Waals surface area contributed by atoms with Gasteiger partial charge in [0.05, 0.1) is 9.85 Å². The van der Waals surface area contributed by atoms with Gasteiger partial charge < -0.3 is 0 Å². The topological polar surface area (TPSA) is 0 Å². The summed E-state index contributed by atoms with van der Waals surface area (Å²) in [5.41, 5.74) is 0. The molecule has 14 heavy (non-hydrogen) atoms. The quantitative estimate of drug-likeness (QED) is 0.681. The second-order valence-corrected chi connectivity index (χ2v) is 6.71. The Balaban J connectivity index is 1.78. The molecule has 3 unspecified atom stereocenters. The molecular formula is C11H12BrClS. The highest BCUT2D eigenvalue weighted by Gasteiger charge is 2.55. The number of thiophene rings is 1. The summed E-state index contributed by atoms with van der Waals surface area (Å²) in [7, 11) is 0. The van der Waals surface area contributed by atoms with Crippen molar-refractivity contribution in [1.82, 2.24) is 0 Å². The van der Waals surface area contributed by atoms with E-state index in [2.05, 4.69) is 21.3 Å². The average molecular weight is 292 g/mol. The van der Waals surface area contributed by atoms with Crippen molar-refractivity contribution < 1.29 is 0 Å². The molecule has 0 aromatic carbocycles. The Morgan fingerprint density at radius 3 is 2.71 bits per heavy atom. The lowest BCUT2D eigenvalue weighted by Gasteiger charge is -2.10. The van der Waals surface area contributed by atoms with Crippen LogP contribution in [-0.4, -0.2) is 0 Å². The van der Waals surface area contributed by atoms with Gasteiger partial charge >= 0.3 is 0 Å². The van der Waals surface area contributed by atoms with Gasteiger partial charge in [-0.05, 0) is 42.0 Å². The number of rotatable bonds is 2. The molecule has 0 N–H and O–H groups in total. The maximum absolute atomic E-state index is 6.14. The van der Waals surface area contributed by atoms with E-state index in [9.17, 15) is 0 Å². The van der Waals surface area contributed by atoms with E-state index in [0.29, 0.717) is 4.83 Å². The van der Waals surface area contributed by atoms with Crippen LogP contribution in [0.4, 0.5) is 0 Å². The molecule has 2 fully saturated rings. The predicted octanol–water partition coefficient (Wildman–Crippen LogP) is 4.88. The molecular weight excluding hydrogens is 280 g/mol. The van der Waals surface area contributed by atoms with E-state index in [4.69, 9.17) is 11.6 Å². The summed E-state index contributed by atoms with van der Waals surface area (Å²) in [5.74, 6) is 2.87. The molecule has 1 heterocycles. The van der Waals surface area contributed by atoms with E-state index in [1.54, 1.807) is 11.3 Å². The zero-order valence-electron chi connectivity index (χ0n) is 7.75. The van der Waals surface area contributed by atoms with Gasteiger partial charge in [-0.1, -0.05) is 34.0 Å². The fourth-order valence-corrected chi connectivity index (χ4v) is 5.68. The number of fused-ring (bicyclic) bond motifs is 1. The molecule has 0 aliphatic heterocycles. The van der Waals surface area contributed by atoms with Crippen LogP contribution in [0.25, 0.3) is 0 Å². The van der Waals surface area contributed by atoms with Gasteiger partial charge in [0.1, 0.15) is 0 Å². The van der Waals surface area contributed by atoms with Gasteiger partial charge in [-0.2, -0.15) is 0 Å². The second kappa shape index (κ2) is 3.50. The predicted molar refractivity (Wildman–Crippen MR) is 65.3 cm³/mol. The zero-order valence-corrected chi connectivity index (χ0v) is 10.9. The molecule has 3 atom stereocenters. The summed E-state index contributed by atoms with van der Waals surface area (Å²) in [6, 6.07) is 2.01. The molecule has 0 bridgehead atoms. The summed E-state index contributed by atoms with van der Waals surface area (Å²) in [4.78, 5) is 1.86. The maximum Gasteiger partial charge on any atom is 0.0556 e. The Bertz CT molecular complexity index is 339. The van der Waals surface area contributed by atoms with Gasteiger partial charge in [0, 0.05) is 4.88 Å². The van der Waals surface area contributed by atoms with Crippen LogP contribution in [0.15, 0.2) is 11.4 Å². The smallest absolute Gasteiger partial charge is 0.0556 e. The molecule has 0 spiro atoms. The van der Waals surface area contributed by atoms with Crippen molar-refractivity contribution in [2.75, 3.05) is 0 Å². The van der Waals surface area contributed by atoms with Crippen molar-refractivity contribution in [1.29, 1.82) is 0 Å². The molecule has 1 aromatic heterocycles. The monoisotopic (exact) mass is 290 g/mol. The summed E-state index contributed by atoms with van der Waals surface area (Å²) in [6.45, 7) is 0. The molecule has 2 saturated carbocycles. The minimum atomic E-state index is 0.519. The third kappa shape index (κ3) is 1.38. The molecule has 0 nitrogen and oxygen atoms in total. The first kappa shape index (κ1) is 9.68. The van der Waals surface area contributed by atoms with Crippen molar-refractivity contribution in [3.63, 3.8) is 0 Å². The normalized spacial score (nSPS) is 36.9. The molecule has 0 saturated heterocycles. The van der Waals surface area contributed by atoms with Crippen molar-refractivity contribution in [3.8, 4) is 0 Å². The summed E-state index contributed by atoms with van der Waals surface area (Å²) < 4.78 is 0. The lowest BCUT2D eigenvalue weighted by Crippen LogP contribution is -1.96. The second-order valence-electron chi connectivity index (χ2n) is 4.37. The van der Waals surface area contributed by atoms with E-state index in [-0.39, 0.29) is 0 Å². The Kier molecular flexibility index (Phi) is 2.42. The number of halogens is 2. The molecule has 3 rings (SSSR count). The van der Waals surface area contributed by atoms with Crippen LogP contribution in [0.3, 0.4) is 0 Å². The first-order chi connectivity index (χ1) is 6.79. The molecule has 0 radical (unpaired) electrons. The minimum absolute atomic E-state index is 0.519. The fraction of sp³-hybridized carbons (Fsp3) is 0.636. The van der Waals surface area contributed by atoms with Crippen LogP contribution < -0.4 is 0 Å². The van der Waals surface area contributed by atoms with E-state index < -0.39 is 0 Å². The number of hydrogen-bond acceptors (Lipinski definition) is 1. The summed E-state index contributed by atoms with van der Waals surface area (Å²) in [5, 5.41) is 3.03. The Morgan fingerprint density at radius 1 is 1.43 bits per heavy atom. The fourth-order valence-electron chi connectivity index (χ4n) is 2.99. The van der Waals surface area contributed by atoms with E-state index >= 15 is 0 Å². The Labute approximate surface area is 102 Å². The van der Waals surface area contributed by atoms with Crippen LogP contribution in [0, 0.1) is 17.8 Å². The van der Waals surface area contributed by atoms with Crippen molar-refractivity contribution in [3.05, 3.63) is 21.3 Å². The molecule has 2 aliphatic carbocycles. The number of hydrogen-bond donors (Lipinski definition) is 0. The van der Waals surface area contributed by atoms with Crippen molar-refractivity contribution >= 4 is 38.9 Å². The first-order valence-corrected chi connectivity index (χ1v) is 7.33. The van der Waals surface area contributed by atoms with E-state index in [0.717, 1.165) is 22.8 Å². The zero-order chi connectivity index (χ0) is 9.71. The van der Waals surface area contributed by atoms with Crippen LogP contribution in [0.2, 0.25) is 5.02 Å². The van der Waals surface area contributed by atoms with Gasteiger partial charge in [-0.15, -0.1) is 11.3 Å². The summed E-state index contributed by atoms with van der Waals surface area (Å²) in [6.07, 6.45) is 4.34. The highest BCUT2D eigenvalue weighted by atomic mass is 79.9. The van der Waals surface area contributed by atoms with Crippen LogP contribution in [0.1, 0.15) is 29.0 Å². The van der Waals surface area contributed by atoms with Crippen molar-refractivity contribution in [2.45, 2.75) is 24.1 Å². The maximum atomic E-state index is 6.14. The van der Waals surface area contributed by atoms with Gasteiger partial charge in [-0.3, -0.25) is 0 Å². The standard InChI is InChI=1S/C11H12BrClS/c12-10(11-8(13)4-5-14-11)9-6-2-1-3-7(6)9/h4-7,9-10H,1-3H2. The molecule has 1 aromatic rings. The van der Waals surface area contributed by atoms with Crippen molar-refractivity contribution in [2.24, 2.45) is 17.8 Å². The highest BCUT2D eigenvalue weighted by molar-refractivity contribution is 9.09. The van der Waals surface area contributed by atoms with Crippen LogP contribution in [-0.2, 0) is 0 Å². The summed E-state index contributed by atoms with van der Waals surface area (Å²) >= 11 is 11.8. The third-order valence-electron chi connectivity index (χ3n) is 3.71. The number of alkyl halides is 1. The van der Waals surface area contributed by atoms with Crippen LogP contribution in [0.5, 0.6) is 0 Å². The van der Waals surface area contributed by atoms with Gasteiger partial charge in [0.25, 0.3) is 0 Å².